The summed E-state index contributed by atoms with van der Waals surface area (Å²) in [7, 11) is 0. The Morgan fingerprint density at radius 3 is 2.60 bits per heavy atom. The summed E-state index contributed by atoms with van der Waals surface area (Å²) in [5, 5.41) is 3.55. The van der Waals surface area contributed by atoms with E-state index in [1.807, 2.05) is 0 Å². The molecule has 0 saturated heterocycles. The van der Waals surface area contributed by atoms with E-state index in [4.69, 9.17) is 5.73 Å². The monoisotopic (exact) mass is 342 g/mol. The molecule has 3 nitrogen and oxygen atoms in total. The molecule has 0 spiro atoms. The van der Waals surface area contributed by atoms with Gasteiger partial charge in [0.2, 0.25) is 5.91 Å². The lowest BCUT2D eigenvalue weighted by Gasteiger charge is -2.30. The van der Waals surface area contributed by atoms with E-state index in [2.05, 4.69) is 28.2 Å². The van der Waals surface area contributed by atoms with Crippen molar-refractivity contribution in [2.45, 2.75) is 44.7 Å². The minimum atomic E-state index is -0.241. The average Bonchev–Trinajstić information content (AvgIpc) is 2.39. The van der Waals surface area contributed by atoms with Crippen LogP contribution in [0.3, 0.4) is 0 Å². The van der Waals surface area contributed by atoms with Crippen LogP contribution in [-0.4, -0.2) is 11.9 Å². The lowest BCUT2D eigenvalue weighted by Crippen LogP contribution is -2.37. The first-order valence-corrected chi connectivity index (χ1v) is 7.77. The molecule has 20 heavy (non-hydrogen) atoms. The molecular weight excluding hydrogens is 323 g/mol. The molecule has 1 saturated carbocycles. The van der Waals surface area contributed by atoms with E-state index in [1.54, 1.807) is 6.07 Å². The number of hydrogen-bond donors (Lipinski definition) is 2. The van der Waals surface area contributed by atoms with Gasteiger partial charge in [0.25, 0.3) is 0 Å². The summed E-state index contributed by atoms with van der Waals surface area (Å²) in [5.74, 6) is -0.395. The fraction of sp³-hybridized carbons (Fsp3) is 0.533. The molecule has 1 aromatic rings. The van der Waals surface area contributed by atoms with Crippen LogP contribution < -0.4 is 11.1 Å². The first kappa shape index (κ1) is 15.4. The van der Waals surface area contributed by atoms with Crippen molar-refractivity contribution in [2.24, 2.45) is 11.7 Å². The Labute approximate surface area is 127 Å². The minimum absolute atomic E-state index is 0.0286. The van der Waals surface area contributed by atoms with Crippen LogP contribution in [0.25, 0.3) is 0 Å². The lowest BCUT2D eigenvalue weighted by atomic mass is 9.85. The van der Waals surface area contributed by atoms with Gasteiger partial charge in [0.15, 0.2) is 0 Å². The first-order valence-electron chi connectivity index (χ1n) is 6.97. The number of halogens is 2. The number of amides is 1. The quantitative estimate of drug-likeness (QED) is 0.882. The normalized spacial score (nSPS) is 24.4. The van der Waals surface area contributed by atoms with E-state index in [0.717, 1.165) is 35.7 Å². The van der Waals surface area contributed by atoms with Crippen LogP contribution >= 0.6 is 15.9 Å². The molecule has 5 heteroatoms. The van der Waals surface area contributed by atoms with Gasteiger partial charge in [0, 0.05) is 22.5 Å². The van der Waals surface area contributed by atoms with Crippen LogP contribution in [0.5, 0.6) is 0 Å². The van der Waals surface area contributed by atoms with Crippen LogP contribution in [0, 0.1) is 11.7 Å². The second-order valence-electron chi connectivity index (χ2n) is 5.51. The van der Waals surface area contributed by atoms with Gasteiger partial charge in [0.1, 0.15) is 5.82 Å². The molecule has 1 unspecified atom stereocenters. The highest BCUT2D eigenvalue weighted by atomic mass is 79.9. The van der Waals surface area contributed by atoms with Crippen LogP contribution in [0.4, 0.5) is 4.39 Å². The van der Waals surface area contributed by atoms with Crippen molar-refractivity contribution >= 4 is 21.8 Å². The lowest BCUT2D eigenvalue weighted by molar-refractivity contribution is -0.122. The molecule has 1 aliphatic rings. The molecule has 1 aromatic carbocycles. The molecule has 1 atom stereocenters. The smallest absolute Gasteiger partial charge is 0.220 e. The van der Waals surface area contributed by atoms with Gasteiger partial charge < -0.3 is 11.1 Å². The zero-order chi connectivity index (χ0) is 14.7. The standard InChI is InChI=1S/C15H20BrFN2O/c1-9(13-7-4-11(17)8-14(13)16)19-12-5-2-10(3-6-12)15(18)20/h4,7-10,12,19H,2-3,5-6H2,1H3,(H2,18,20). The highest BCUT2D eigenvalue weighted by Gasteiger charge is 2.25. The van der Waals surface area contributed by atoms with E-state index in [-0.39, 0.29) is 23.7 Å². The molecular formula is C15H20BrFN2O. The predicted octanol–water partition coefficient (Wildman–Crippen LogP) is 3.28. The third-order valence-corrected chi connectivity index (χ3v) is 4.73. The first-order chi connectivity index (χ1) is 9.47. The van der Waals surface area contributed by atoms with Gasteiger partial charge in [0.05, 0.1) is 0 Å². The number of carbonyl (C=O) groups is 1. The SMILES string of the molecule is CC(NC1CCC(C(N)=O)CC1)c1ccc(F)cc1Br. The fourth-order valence-corrected chi connectivity index (χ4v) is 3.53. The number of primary amides is 1. The number of benzene rings is 1. The largest absolute Gasteiger partial charge is 0.369 e. The average molecular weight is 343 g/mol. The molecule has 2 rings (SSSR count). The molecule has 0 aliphatic heterocycles. The van der Waals surface area contributed by atoms with Crippen LogP contribution in [-0.2, 0) is 4.79 Å². The molecule has 1 fully saturated rings. The van der Waals surface area contributed by atoms with E-state index >= 15 is 0 Å². The molecule has 3 N–H and O–H groups in total. The highest BCUT2D eigenvalue weighted by Crippen LogP contribution is 2.28. The van der Waals surface area contributed by atoms with Crippen molar-refractivity contribution in [1.29, 1.82) is 0 Å². The predicted molar refractivity (Wildman–Crippen MR) is 80.6 cm³/mol. The molecule has 1 aliphatic carbocycles. The summed E-state index contributed by atoms with van der Waals surface area (Å²) in [5.41, 5.74) is 6.38. The van der Waals surface area contributed by atoms with Crippen molar-refractivity contribution in [3.8, 4) is 0 Å². The molecule has 0 bridgehead atoms. The van der Waals surface area contributed by atoms with Crippen LogP contribution in [0.1, 0.15) is 44.2 Å². The van der Waals surface area contributed by atoms with Crippen molar-refractivity contribution in [1.82, 2.24) is 5.32 Å². The van der Waals surface area contributed by atoms with E-state index in [9.17, 15) is 9.18 Å². The number of carbonyl (C=O) groups excluding carboxylic acids is 1. The Bertz CT molecular complexity index is 487. The number of nitrogens with one attached hydrogen (secondary N) is 1. The van der Waals surface area contributed by atoms with E-state index in [0.29, 0.717) is 6.04 Å². The summed E-state index contributed by atoms with van der Waals surface area (Å²) in [6.07, 6.45) is 3.61. The van der Waals surface area contributed by atoms with Crippen LogP contribution in [0.2, 0.25) is 0 Å². The summed E-state index contributed by atoms with van der Waals surface area (Å²) >= 11 is 3.40. The van der Waals surface area contributed by atoms with Gasteiger partial charge in [-0.05, 0) is 50.3 Å². The Morgan fingerprint density at radius 1 is 1.40 bits per heavy atom. The molecule has 0 aromatic heterocycles. The van der Waals surface area contributed by atoms with E-state index < -0.39 is 0 Å². The second-order valence-corrected chi connectivity index (χ2v) is 6.36. The van der Waals surface area contributed by atoms with Gasteiger partial charge in [-0.3, -0.25) is 4.79 Å². The maximum atomic E-state index is 13.1. The molecule has 0 heterocycles. The summed E-state index contributed by atoms with van der Waals surface area (Å²) in [4.78, 5) is 11.1. The summed E-state index contributed by atoms with van der Waals surface area (Å²) in [6, 6.07) is 5.28. The molecule has 0 radical (unpaired) electrons. The third kappa shape index (κ3) is 3.79. The number of rotatable bonds is 4. The van der Waals surface area contributed by atoms with Gasteiger partial charge in [-0.25, -0.2) is 4.39 Å². The summed E-state index contributed by atoms with van der Waals surface area (Å²) in [6.45, 7) is 2.07. The van der Waals surface area contributed by atoms with Crippen molar-refractivity contribution in [3.05, 3.63) is 34.1 Å². The maximum Gasteiger partial charge on any atom is 0.220 e. The highest BCUT2D eigenvalue weighted by molar-refractivity contribution is 9.10. The zero-order valence-electron chi connectivity index (χ0n) is 11.5. The van der Waals surface area contributed by atoms with Gasteiger partial charge in [-0.2, -0.15) is 0 Å². The fourth-order valence-electron chi connectivity index (χ4n) is 2.84. The zero-order valence-corrected chi connectivity index (χ0v) is 13.1. The van der Waals surface area contributed by atoms with Crippen LogP contribution in [0.15, 0.2) is 22.7 Å². The molecule has 110 valence electrons. The Morgan fingerprint density at radius 2 is 2.05 bits per heavy atom. The van der Waals surface area contributed by atoms with Gasteiger partial charge in [-0.15, -0.1) is 0 Å². The third-order valence-electron chi connectivity index (χ3n) is 4.04. The van der Waals surface area contributed by atoms with Gasteiger partial charge >= 0.3 is 0 Å². The topological polar surface area (TPSA) is 55.1 Å². The summed E-state index contributed by atoms with van der Waals surface area (Å²) < 4.78 is 13.9. The number of hydrogen-bond acceptors (Lipinski definition) is 2. The van der Waals surface area contributed by atoms with Crippen molar-refractivity contribution < 1.29 is 9.18 Å². The van der Waals surface area contributed by atoms with Gasteiger partial charge in [-0.1, -0.05) is 22.0 Å². The maximum absolute atomic E-state index is 13.1. The Hall–Kier alpha value is -0.940. The Balaban J connectivity index is 1.92. The molecule has 1 amide bonds. The van der Waals surface area contributed by atoms with Crippen molar-refractivity contribution in [2.75, 3.05) is 0 Å². The van der Waals surface area contributed by atoms with E-state index in [1.165, 1.54) is 12.1 Å². The minimum Gasteiger partial charge on any atom is -0.369 e. The Kier molecular flexibility index (Phi) is 5.16. The number of nitrogens with two attached hydrogens (primary N) is 1. The van der Waals surface area contributed by atoms with Crippen molar-refractivity contribution in [3.63, 3.8) is 0 Å². The second kappa shape index (κ2) is 6.68.